The largest absolute Gasteiger partial charge is 0.409 e. The normalized spacial score (nSPS) is 11.7. The van der Waals surface area contributed by atoms with E-state index in [9.17, 15) is 0 Å². The van der Waals surface area contributed by atoms with E-state index in [1.807, 2.05) is 6.26 Å². The molecular weight excluding hydrogens is 220 g/mol. The van der Waals surface area contributed by atoms with Crippen LogP contribution in [-0.2, 0) is 0 Å². The van der Waals surface area contributed by atoms with E-state index in [1.165, 1.54) is 11.9 Å². The van der Waals surface area contributed by atoms with Gasteiger partial charge in [-0.05, 0) is 16.6 Å². The molecule has 0 saturated carbocycles. The average Bonchev–Trinajstić information content (AvgIpc) is 2.71. The number of anilines is 1. The number of rotatable bonds is 6. The molecule has 0 aromatic carbocycles. The fraction of sp³-hybridized carbons (Fsp3) is 0.500. The second-order valence-electron chi connectivity index (χ2n) is 2.47. The second kappa shape index (κ2) is 6.09. The topological polar surface area (TPSA) is 122 Å². The van der Waals surface area contributed by atoms with E-state index in [2.05, 4.69) is 30.1 Å². The zero-order valence-electron chi connectivity index (χ0n) is 8.10. The van der Waals surface area contributed by atoms with Crippen LogP contribution in [0.15, 0.2) is 9.78 Å². The fourth-order valence-corrected chi connectivity index (χ4v) is 1.16. The predicted molar refractivity (Wildman–Crippen MR) is 56.8 cm³/mol. The number of hydrogen-bond acceptors (Lipinski definition) is 8. The van der Waals surface area contributed by atoms with E-state index < -0.39 is 0 Å². The van der Waals surface area contributed by atoms with Gasteiger partial charge in [0.2, 0.25) is 5.82 Å². The van der Waals surface area contributed by atoms with Crippen molar-refractivity contribution in [2.75, 3.05) is 24.7 Å². The molecule has 0 radical (unpaired) electrons. The summed E-state index contributed by atoms with van der Waals surface area (Å²) in [7, 11) is 0. The smallest absolute Gasteiger partial charge is 0.202 e. The molecule has 0 amide bonds. The first-order valence-corrected chi connectivity index (χ1v) is 5.32. The molecule has 8 nitrogen and oxygen atoms in total. The van der Waals surface area contributed by atoms with Gasteiger partial charge in [0.05, 0.1) is 0 Å². The molecule has 0 unspecified atom stereocenters. The molecule has 0 spiro atoms. The van der Waals surface area contributed by atoms with Gasteiger partial charge in [-0.25, -0.2) is 4.63 Å². The number of amidine groups is 1. The van der Waals surface area contributed by atoms with Crippen LogP contribution in [0.2, 0.25) is 0 Å². The maximum absolute atomic E-state index is 8.45. The molecule has 9 heteroatoms. The Hall–Kier alpha value is -1.48. The van der Waals surface area contributed by atoms with Crippen molar-refractivity contribution in [3.63, 3.8) is 0 Å². The van der Waals surface area contributed by atoms with E-state index in [1.54, 1.807) is 0 Å². The molecule has 1 heterocycles. The number of nitrogens with one attached hydrogen (secondary N) is 2. The summed E-state index contributed by atoms with van der Waals surface area (Å²) in [5, 5.41) is 21.3. The molecule has 84 valence electrons. The van der Waals surface area contributed by atoms with Crippen molar-refractivity contribution in [3.05, 3.63) is 5.69 Å². The van der Waals surface area contributed by atoms with Gasteiger partial charge >= 0.3 is 0 Å². The van der Waals surface area contributed by atoms with Crippen molar-refractivity contribution in [2.24, 2.45) is 10.9 Å². The maximum atomic E-state index is 8.45. The van der Waals surface area contributed by atoms with Gasteiger partial charge in [0.1, 0.15) is 0 Å². The van der Waals surface area contributed by atoms with Gasteiger partial charge in [0.15, 0.2) is 11.5 Å². The molecule has 0 aliphatic carbocycles. The Kier molecular flexibility index (Phi) is 4.71. The van der Waals surface area contributed by atoms with Gasteiger partial charge in [-0.3, -0.25) is 4.72 Å². The van der Waals surface area contributed by atoms with Crippen LogP contribution >= 0.6 is 11.9 Å². The Labute approximate surface area is 90.4 Å². The highest BCUT2D eigenvalue weighted by Crippen LogP contribution is 2.07. The first-order chi connectivity index (χ1) is 7.29. The van der Waals surface area contributed by atoms with Gasteiger partial charge in [0, 0.05) is 13.1 Å². The molecule has 0 aliphatic heterocycles. The molecule has 1 aromatic heterocycles. The lowest BCUT2D eigenvalue weighted by molar-refractivity contribution is 0.304. The van der Waals surface area contributed by atoms with Crippen LogP contribution in [0, 0.1) is 0 Å². The molecule has 0 saturated heterocycles. The summed E-state index contributed by atoms with van der Waals surface area (Å²) in [5.74, 6) is 0.213. The number of nitrogens with zero attached hydrogens (tertiary/aromatic N) is 3. The maximum Gasteiger partial charge on any atom is 0.202 e. The molecular formula is C6H12N6O2S. The molecule has 0 aliphatic rings. The number of oxime groups is 1. The molecule has 1 aromatic rings. The minimum Gasteiger partial charge on any atom is -0.409 e. The van der Waals surface area contributed by atoms with Crippen LogP contribution in [0.5, 0.6) is 0 Å². The van der Waals surface area contributed by atoms with E-state index >= 15 is 0 Å². The minimum absolute atomic E-state index is 0.142. The second-order valence-corrected chi connectivity index (χ2v) is 3.17. The van der Waals surface area contributed by atoms with Crippen molar-refractivity contribution in [3.8, 4) is 0 Å². The Morgan fingerprint density at radius 2 is 2.40 bits per heavy atom. The minimum atomic E-state index is -0.142. The van der Waals surface area contributed by atoms with Crippen LogP contribution in [0.1, 0.15) is 5.69 Å². The highest BCUT2D eigenvalue weighted by atomic mass is 32.2. The van der Waals surface area contributed by atoms with Crippen LogP contribution in [0.25, 0.3) is 0 Å². The van der Waals surface area contributed by atoms with Gasteiger partial charge in [-0.2, -0.15) is 0 Å². The standard InChI is InChI=1S/C6H12N6O2S/c1-15-9-3-2-8-6-4(5(7)10-13)11-14-12-6/h9,13H,2-3H2,1H3,(H2,7,10)(H,8,12). The molecule has 0 atom stereocenters. The van der Waals surface area contributed by atoms with Crippen LogP contribution in [-0.4, -0.2) is 40.7 Å². The van der Waals surface area contributed by atoms with Gasteiger partial charge in [0.25, 0.3) is 0 Å². The van der Waals surface area contributed by atoms with Crippen molar-refractivity contribution in [1.29, 1.82) is 0 Å². The first-order valence-electron chi connectivity index (χ1n) is 4.09. The molecule has 1 rings (SSSR count). The third-order valence-corrected chi connectivity index (χ3v) is 2.00. The summed E-state index contributed by atoms with van der Waals surface area (Å²) in [6.07, 6.45) is 1.93. The molecule has 0 bridgehead atoms. The van der Waals surface area contributed by atoms with Crippen LogP contribution in [0.4, 0.5) is 5.82 Å². The summed E-state index contributed by atoms with van der Waals surface area (Å²) in [6, 6.07) is 0. The SMILES string of the molecule is CSNCCNc1nonc1/C(N)=N\O. The van der Waals surface area contributed by atoms with Crippen LogP contribution in [0.3, 0.4) is 0 Å². The summed E-state index contributed by atoms with van der Waals surface area (Å²) in [4.78, 5) is 0. The first kappa shape index (κ1) is 11.6. The average molecular weight is 232 g/mol. The molecule has 15 heavy (non-hydrogen) atoms. The summed E-state index contributed by atoms with van der Waals surface area (Å²) < 4.78 is 7.50. The van der Waals surface area contributed by atoms with Gasteiger partial charge in [-0.15, -0.1) is 0 Å². The third-order valence-electron chi connectivity index (χ3n) is 1.50. The van der Waals surface area contributed by atoms with E-state index in [-0.39, 0.29) is 11.5 Å². The van der Waals surface area contributed by atoms with E-state index in [0.717, 1.165) is 6.54 Å². The summed E-state index contributed by atoms with van der Waals surface area (Å²) in [6.45, 7) is 1.37. The van der Waals surface area contributed by atoms with Gasteiger partial charge in [-0.1, -0.05) is 17.1 Å². The summed E-state index contributed by atoms with van der Waals surface area (Å²) in [5.41, 5.74) is 5.54. The lowest BCUT2D eigenvalue weighted by atomic mass is 10.4. The van der Waals surface area contributed by atoms with Crippen molar-refractivity contribution in [2.45, 2.75) is 0 Å². The molecule has 0 fully saturated rings. The van der Waals surface area contributed by atoms with Crippen molar-refractivity contribution >= 4 is 23.6 Å². The Balaban J connectivity index is 2.50. The van der Waals surface area contributed by atoms with Crippen molar-refractivity contribution in [1.82, 2.24) is 15.0 Å². The Morgan fingerprint density at radius 1 is 1.60 bits per heavy atom. The number of nitrogens with two attached hydrogens (primary N) is 1. The van der Waals surface area contributed by atoms with Gasteiger partial charge < -0.3 is 16.3 Å². The number of hydrogen-bond donors (Lipinski definition) is 4. The Bertz CT molecular complexity index is 327. The van der Waals surface area contributed by atoms with Crippen molar-refractivity contribution < 1.29 is 9.84 Å². The quantitative estimate of drug-likeness (QED) is 0.129. The fourth-order valence-electron chi connectivity index (χ4n) is 0.854. The molecule has 5 N–H and O–H groups in total. The zero-order valence-corrected chi connectivity index (χ0v) is 8.91. The Morgan fingerprint density at radius 3 is 3.07 bits per heavy atom. The predicted octanol–water partition coefficient (Wildman–Crippen LogP) is -0.556. The van der Waals surface area contributed by atoms with Crippen LogP contribution < -0.4 is 15.8 Å². The third kappa shape index (κ3) is 3.29. The lowest BCUT2D eigenvalue weighted by Crippen LogP contribution is -2.20. The monoisotopic (exact) mass is 232 g/mol. The highest BCUT2D eigenvalue weighted by Gasteiger charge is 2.13. The summed E-state index contributed by atoms with van der Waals surface area (Å²) >= 11 is 1.52. The van der Waals surface area contributed by atoms with E-state index in [0.29, 0.717) is 12.4 Å². The number of aromatic nitrogens is 2. The van der Waals surface area contributed by atoms with E-state index in [4.69, 9.17) is 10.9 Å². The zero-order chi connectivity index (χ0) is 11.1. The highest BCUT2D eigenvalue weighted by molar-refractivity contribution is 7.96. The lowest BCUT2D eigenvalue weighted by Gasteiger charge is -2.02.